The molecule has 0 aromatic heterocycles. The monoisotopic (exact) mass is 404 g/mol. The summed E-state index contributed by atoms with van der Waals surface area (Å²) in [6.45, 7) is 4.60. The highest BCUT2D eigenvalue weighted by Gasteiger charge is 2.33. The Morgan fingerprint density at radius 1 is 0.966 bits per heavy atom. The number of hydrogen-bond acceptors (Lipinski definition) is 1. The molecule has 2 saturated carbocycles. The van der Waals surface area contributed by atoms with Gasteiger partial charge in [0.25, 0.3) is 6.43 Å². The predicted octanol–water partition coefficient (Wildman–Crippen LogP) is 7.90. The van der Waals surface area contributed by atoms with E-state index >= 15 is 0 Å². The molecule has 1 aromatic carbocycles. The van der Waals surface area contributed by atoms with Crippen LogP contribution in [0.3, 0.4) is 0 Å². The fourth-order valence-corrected chi connectivity index (χ4v) is 5.34. The van der Waals surface area contributed by atoms with Crippen molar-refractivity contribution in [2.45, 2.75) is 96.7 Å². The molecule has 0 aliphatic heterocycles. The summed E-state index contributed by atoms with van der Waals surface area (Å²) in [5.74, 6) is 2.09. The van der Waals surface area contributed by atoms with Gasteiger partial charge >= 0.3 is 0 Å². The topological polar surface area (TPSA) is 9.23 Å². The van der Waals surface area contributed by atoms with Crippen molar-refractivity contribution in [1.82, 2.24) is 0 Å². The van der Waals surface area contributed by atoms with Crippen molar-refractivity contribution >= 4 is 0 Å². The fourth-order valence-electron chi connectivity index (χ4n) is 5.34. The van der Waals surface area contributed by atoms with Gasteiger partial charge in [0.05, 0.1) is 6.61 Å². The summed E-state index contributed by atoms with van der Waals surface area (Å²) in [4.78, 5) is 0. The maximum Gasteiger partial charge on any atom is 0.264 e. The Morgan fingerprint density at radius 3 is 2.17 bits per heavy atom. The first kappa shape index (κ1) is 22.5. The minimum atomic E-state index is -2.41. The zero-order valence-corrected chi connectivity index (χ0v) is 18.2. The number of allylic oxidation sites excluding steroid dienone is 2. The highest BCUT2D eigenvalue weighted by Crippen LogP contribution is 2.37. The second-order valence-electron chi connectivity index (χ2n) is 9.18. The third-order valence-electron chi connectivity index (χ3n) is 7.31. The molecular weight excluding hydrogens is 366 g/mol. The van der Waals surface area contributed by atoms with Crippen LogP contribution in [0.4, 0.5) is 8.78 Å². The normalized spacial score (nSPS) is 29.4. The maximum atomic E-state index is 13.7. The number of halogens is 2. The van der Waals surface area contributed by atoms with Gasteiger partial charge in [0.15, 0.2) is 0 Å². The Kier molecular flexibility index (Phi) is 8.71. The molecule has 3 heteroatoms. The summed E-state index contributed by atoms with van der Waals surface area (Å²) in [6, 6.07) is 8.53. The van der Waals surface area contributed by atoms with E-state index in [1.807, 2.05) is 6.92 Å². The van der Waals surface area contributed by atoms with Crippen LogP contribution in [0.5, 0.6) is 0 Å². The second-order valence-corrected chi connectivity index (χ2v) is 9.18. The molecular formula is C26H38F2O. The highest BCUT2D eigenvalue weighted by molar-refractivity contribution is 5.25. The minimum Gasteiger partial charge on any atom is -0.367 e. The molecule has 0 saturated heterocycles. The minimum absolute atomic E-state index is 0.0236. The summed E-state index contributed by atoms with van der Waals surface area (Å²) in [6.07, 6.45) is 11.1. The van der Waals surface area contributed by atoms with Gasteiger partial charge in [-0.1, -0.05) is 49.8 Å². The maximum absolute atomic E-state index is 13.7. The van der Waals surface area contributed by atoms with Crippen LogP contribution in [0.2, 0.25) is 0 Å². The molecule has 2 aliphatic rings. The Balaban J connectivity index is 1.50. The van der Waals surface area contributed by atoms with Crippen LogP contribution in [0.15, 0.2) is 36.4 Å². The lowest BCUT2D eigenvalue weighted by molar-refractivity contribution is -0.101. The van der Waals surface area contributed by atoms with Crippen molar-refractivity contribution in [3.8, 4) is 0 Å². The van der Waals surface area contributed by atoms with Crippen LogP contribution >= 0.6 is 0 Å². The molecule has 0 bridgehead atoms. The Morgan fingerprint density at radius 2 is 1.62 bits per heavy atom. The van der Waals surface area contributed by atoms with Crippen molar-refractivity contribution < 1.29 is 13.5 Å². The zero-order valence-electron chi connectivity index (χ0n) is 18.2. The van der Waals surface area contributed by atoms with E-state index in [1.54, 1.807) is 0 Å². The molecule has 2 aliphatic carbocycles. The van der Waals surface area contributed by atoms with E-state index in [0.29, 0.717) is 11.8 Å². The lowest BCUT2D eigenvalue weighted by atomic mass is 9.78. The largest absolute Gasteiger partial charge is 0.367 e. The van der Waals surface area contributed by atoms with Crippen molar-refractivity contribution in [1.29, 1.82) is 0 Å². The third kappa shape index (κ3) is 6.38. The van der Waals surface area contributed by atoms with Crippen LogP contribution in [0, 0.1) is 17.8 Å². The molecule has 0 amide bonds. The van der Waals surface area contributed by atoms with E-state index in [4.69, 9.17) is 4.74 Å². The molecule has 0 N–H and O–H groups in total. The predicted molar refractivity (Wildman–Crippen MR) is 116 cm³/mol. The van der Waals surface area contributed by atoms with Crippen LogP contribution in [0.1, 0.15) is 88.7 Å². The number of benzene rings is 1. The molecule has 1 nitrogen and oxygen atoms in total. The van der Waals surface area contributed by atoms with Crippen LogP contribution < -0.4 is 0 Å². The first-order valence-electron chi connectivity index (χ1n) is 11.7. The number of ether oxygens (including phenoxy) is 1. The van der Waals surface area contributed by atoms with Crippen molar-refractivity contribution in [2.24, 2.45) is 17.8 Å². The van der Waals surface area contributed by atoms with Gasteiger partial charge < -0.3 is 4.74 Å². The third-order valence-corrected chi connectivity index (χ3v) is 7.31. The summed E-state index contributed by atoms with van der Waals surface area (Å²) >= 11 is 0. The molecule has 2 fully saturated rings. The average molecular weight is 405 g/mol. The molecule has 1 aromatic rings. The summed E-state index contributed by atoms with van der Waals surface area (Å²) in [7, 11) is 0. The summed E-state index contributed by atoms with van der Waals surface area (Å²) in [5, 5.41) is 0. The Hall–Kier alpha value is -1.22. The second kappa shape index (κ2) is 11.2. The van der Waals surface area contributed by atoms with Gasteiger partial charge in [0, 0.05) is 0 Å². The van der Waals surface area contributed by atoms with Gasteiger partial charge in [-0.2, -0.15) is 0 Å². The van der Waals surface area contributed by atoms with Crippen molar-refractivity contribution in [3.63, 3.8) is 0 Å². The van der Waals surface area contributed by atoms with Gasteiger partial charge in [0.1, 0.15) is 6.10 Å². The lowest BCUT2D eigenvalue weighted by Crippen LogP contribution is -2.33. The highest BCUT2D eigenvalue weighted by atomic mass is 19.3. The first-order chi connectivity index (χ1) is 14.1. The van der Waals surface area contributed by atoms with Crippen molar-refractivity contribution in [3.05, 3.63) is 47.5 Å². The first-order valence-corrected chi connectivity index (χ1v) is 11.7. The van der Waals surface area contributed by atoms with Gasteiger partial charge in [-0.3, -0.25) is 0 Å². The van der Waals surface area contributed by atoms with E-state index in [-0.39, 0.29) is 12.5 Å². The van der Waals surface area contributed by atoms with E-state index in [9.17, 15) is 8.78 Å². The van der Waals surface area contributed by atoms with Crippen molar-refractivity contribution in [2.75, 3.05) is 0 Å². The molecule has 29 heavy (non-hydrogen) atoms. The van der Waals surface area contributed by atoms with E-state index in [2.05, 4.69) is 43.3 Å². The lowest BCUT2D eigenvalue weighted by Gasteiger charge is -2.32. The van der Waals surface area contributed by atoms with Gasteiger partial charge in [-0.05, 0) is 93.1 Å². The number of alkyl halides is 2. The summed E-state index contributed by atoms with van der Waals surface area (Å²) in [5.41, 5.74) is 2.40. The van der Waals surface area contributed by atoms with Crippen LogP contribution in [-0.4, -0.2) is 12.5 Å². The SMILES string of the molecule is C/C=C/C1CCC(C(OCc2ccc(C3CCC(CC)CC3)cc2)C(F)F)CC1. The molecule has 0 radical (unpaired) electrons. The smallest absolute Gasteiger partial charge is 0.264 e. The fraction of sp³-hybridized carbons (Fsp3) is 0.692. The summed E-state index contributed by atoms with van der Waals surface area (Å²) < 4.78 is 33.1. The van der Waals surface area contributed by atoms with Crippen LogP contribution in [-0.2, 0) is 11.3 Å². The Labute approximate surface area is 175 Å². The van der Waals surface area contributed by atoms with Gasteiger partial charge in [-0.25, -0.2) is 8.78 Å². The molecule has 3 rings (SSSR count). The van der Waals surface area contributed by atoms with Gasteiger partial charge in [-0.15, -0.1) is 0 Å². The Bertz CT molecular complexity index is 608. The van der Waals surface area contributed by atoms with Gasteiger partial charge in [0.2, 0.25) is 0 Å². The standard InChI is InChI=1S/C26H38F2O/c1-3-5-20-8-16-24(17-9-20)25(26(27)28)29-18-21-10-14-23(15-11-21)22-12-6-19(4-2)7-13-22/h3,5,10-11,14-15,19-20,22,24-26H,4,6-9,12-13,16-18H2,1-2H3/b5-3+. The molecule has 1 atom stereocenters. The molecule has 162 valence electrons. The molecule has 1 unspecified atom stereocenters. The van der Waals surface area contributed by atoms with E-state index in [0.717, 1.165) is 37.2 Å². The average Bonchev–Trinajstić information content (AvgIpc) is 2.75. The van der Waals surface area contributed by atoms with Crippen LogP contribution in [0.25, 0.3) is 0 Å². The molecule has 0 spiro atoms. The van der Waals surface area contributed by atoms with E-state index in [1.165, 1.54) is 37.7 Å². The van der Waals surface area contributed by atoms with E-state index < -0.39 is 12.5 Å². The zero-order chi connectivity index (χ0) is 20.6. The number of hydrogen-bond donors (Lipinski definition) is 0. The quantitative estimate of drug-likeness (QED) is 0.400. The number of rotatable bonds is 8. The molecule has 0 heterocycles.